The number of oxazole rings is 1. The van der Waals surface area contributed by atoms with Crippen LogP contribution in [0.2, 0.25) is 0 Å². The van der Waals surface area contributed by atoms with E-state index in [1.54, 1.807) is 30.3 Å². The third kappa shape index (κ3) is 3.25. The van der Waals surface area contributed by atoms with Crippen LogP contribution in [0.4, 0.5) is 13.2 Å². The fraction of sp³-hybridized carbons (Fsp3) is 0.174. The summed E-state index contributed by atoms with van der Waals surface area (Å²) >= 11 is 0. The average Bonchev–Trinajstić information content (AvgIpc) is 3.35. The second-order valence-electron chi connectivity index (χ2n) is 7.59. The van der Waals surface area contributed by atoms with Crippen molar-refractivity contribution in [1.29, 1.82) is 0 Å². The number of aromatic amines is 1. The van der Waals surface area contributed by atoms with Crippen LogP contribution < -0.4 is 10.3 Å². The Labute approximate surface area is 184 Å². The molecule has 3 heterocycles. The lowest BCUT2D eigenvalue weighted by Gasteiger charge is -2.07. The molecule has 0 radical (unpaired) electrons. The van der Waals surface area contributed by atoms with E-state index in [2.05, 4.69) is 15.1 Å². The number of nitrogens with one attached hydrogen (secondary N) is 1. The van der Waals surface area contributed by atoms with E-state index in [1.165, 1.54) is 26.2 Å². The number of hydrogen-bond donors (Lipinski definition) is 1. The molecule has 0 unspecified atom stereocenters. The molecule has 5 rings (SSSR count). The molecule has 0 aliphatic heterocycles. The van der Waals surface area contributed by atoms with E-state index < -0.39 is 17.4 Å². The van der Waals surface area contributed by atoms with Gasteiger partial charge < -0.3 is 9.15 Å². The number of ether oxygens (including phenoxy) is 1. The predicted molar refractivity (Wildman–Crippen MR) is 115 cm³/mol. The Morgan fingerprint density at radius 1 is 1.06 bits per heavy atom. The van der Waals surface area contributed by atoms with Gasteiger partial charge >= 0.3 is 6.18 Å². The van der Waals surface area contributed by atoms with Gasteiger partial charge in [-0.2, -0.15) is 17.7 Å². The van der Waals surface area contributed by atoms with Gasteiger partial charge in [0, 0.05) is 0 Å². The molecular weight excluding hydrogens is 437 g/mol. The summed E-state index contributed by atoms with van der Waals surface area (Å²) in [5.41, 5.74) is -0.0932. The van der Waals surface area contributed by atoms with Crippen LogP contribution in [-0.4, -0.2) is 26.7 Å². The lowest BCUT2D eigenvalue weighted by Crippen LogP contribution is -2.19. The summed E-state index contributed by atoms with van der Waals surface area (Å²) in [6, 6.07) is 11.5. The number of aromatic nitrogens is 4. The first-order chi connectivity index (χ1) is 15.7. The number of aryl methyl sites for hydroxylation is 2. The number of alkyl halides is 3. The van der Waals surface area contributed by atoms with Crippen LogP contribution in [-0.2, 0) is 6.18 Å². The lowest BCUT2D eigenvalue weighted by atomic mass is 10.1. The second-order valence-corrected chi connectivity index (χ2v) is 7.59. The van der Waals surface area contributed by atoms with Crippen molar-refractivity contribution in [2.75, 3.05) is 7.11 Å². The molecule has 0 spiro atoms. The van der Waals surface area contributed by atoms with E-state index in [1.807, 2.05) is 6.92 Å². The Balaban J connectivity index is 1.82. The maximum Gasteiger partial charge on any atom is 0.433 e. The fourth-order valence-electron chi connectivity index (χ4n) is 3.90. The number of H-pyrrole nitrogens is 1. The largest absolute Gasteiger partial charge is 0.494 e. The number of rotatable bonds is 3. The summed E-state index contributed by atoms with van der Waals surface area (Å²) in [6.07, 6.45) is -4.73. The van der Waals surface area contributed by atoms with Gasteiger partial charge in [0.1, 0.15) is 17.0 Å². The number of methoxy groups -OCH3 is 1. The molecule has 0 saturated carbocycles. The van der Waals surface area contributed by atoms with Crippen molar-refractivity contribution in [2.24, 2.45) is 0 Å². The highest BCUT2D eigenvalue weighted by Gasteiger charge is 2.38. The molecule has 0 aliphatic carbocycles. The summed E-state index contributed by atoms with van der Waals surface area (Å²) in [6.45, 7) is 3.38. The van der Waals surface area contributed by atoms with Crippen molar-refractivity contribution in [3.63, 3.8) is 0 Å². The van der Waals surface area contributed by atoms with E-state index >= 15 is 0 Å². The Hall–Kier alpha value is -4.08. The molecule has 0 saturated heterocycles. The van der Waals surface area contributed by atoms with E-state index in [4.69, 9.17) is 9.15 Å². The topological polar surface area (TPSA) is 85.4 Å². The molecule has 0 amide bonds. The Morgan fingerprint density at radius 2 is 1.79 bits per heavy atom. The molecule has 1 N–H and O–H groups in total. The average molecular weight is 454 g/mol. The van der Waals surface area contributed by atoms with Crippen LogP contribution >= 0.6 is 0 Å². The molecule has 0 fully saturated rings. The van der Waals surface area contributed by atoms with Gasteiger partial charge in [0.2, 0.25) is 5.89 Å². The van der Waals surface area contributed by atoms with Crippen molar-refractivity contribution >= 4 is 16.7 Å². The fourth-order valence-corrected chi connectivity index (χ4v) is 3.90. The van der Waals surface area contributed by atoms with Crippen molar-refractivity contribution < 1.29 is 22.3 Å². The zero-order chi connectivity index (χ0) is 23.5. The highest BCUT2D eigenvalue weighted by Crippen LogP contribution is 2.38. The van der Waals surface area contributed by atoms with Crippen molar-refractivity contribution in [3.05, 3.63) is 69.8 Å². The molecular formula is C23H17F3N4O3. The normalized spacial score (nSPS) is 12.1. The van der Waals surface area contributed by atoms with Gasteiger partial charge in [0.25, 0.3) is 5.56 Å². The predicted octanol–water partition coefficient (Wildman–Crippen LogP) is 5.14. The summed E-state index contributed by atoms with van der Waals surface area (Å²) in [4.78, 5) is 22.1. The van der Waals surface area contributed by atoms with Gasteiger partial charge in [-0.15, -0.1) is 0 Å². The van der Waals surface area contributed by atoms with E-state index in [0.717, 1.165) is 10.1 Å². The number of fused-ring (bicyclic) bond motifs is 2. The summed E-state index contributed by atoms with van der Waals surface area (Å²) in [7, 11) is 1.49. The molecule has 0 atom stereocenters. The van der Waals surface area contributed by atoms with Crippen LogP contribution in [0.5, 0.6) is 5.75 Å². The van der Waals surface area contributed by atoms with Crippen LogP contribution in [0.25, 0.3) is 39.3 Å². The molecule has 168 valence electrons. The van der Waals surface area contributed by atoms with Crippen LogP contribution in [0.1, 0.15) is 17.0 Å². The minimum absolute atomic E-state index is 0.0435. The molecule has 0 aliphatic rings. The minimum atomic E-state index is -4.73. The zero-order valence-corrected chi connectivity index (χ0v) is 17.7. The van der Waals surface area contributed by atoms with Gasteiger partial charge in [0.05, 0.1) is 18.4 Å². The van der Waals surface area contributed by atoms with Gasteiger partial charge in [-0.3, -0.25) is 9.89 Å². The Morgan fingerprint density at radius 3 is 2.45 bits per heavy atom. The Bertz CT molecular complexity index is 1580. The highest BCUT2D eigenvalue weighted by atomic mass is 19.4. The SMILES string of the molecule is COc1cc(C)cc2oc(-c3c(C)nc4c(-c5ccccc5)c(C(F)(F)F)[nH]n4c3=O)nc12. The number of nitrogens with zero attached hydrogens (tertiary/aromatic N) is 3. The van der Waals surface area contributed by atoms with Crippen molar-refractivity contribution in [2.45, 2.75) is 20.0 Å². The third-order valence-corrected chi connectivity index (χ3v) is 5.35. The Kier molecular flexibility index (Phi) is 4.55. The standard InChI is InChI=1S/C23H17F3N4O3/c1-11-9-14(32-3)18-15(10-11)33-21(28-18)16-12(2)27-20-17(13-7-5-4-6-8-13)19(23(24,25)26)29-30(20)22(16)31/h4-10,29H,1-3H3. The molecule has 7 nitrogen and oxygen atoms in total. The minimum Gasteiger partial charge on any atom is -0.494 e. The van der Waals surface area contributed by atoms with E-state index in [0.29, 0.717) is 16.8 Å². The van der Waals surface area contributed by atoms with Crippen molar-refractivity contribution in [3.8, 4) is 28.3 Å². The van der Waals surface area contributed by atoms with E-state index in [-0.39, 0.29) is 33.9 Å². The molecule has 5 aromatic rings. The molecule has 10 heteroatoms. The van der Waals surface area contributed by atoms with Crippen molar-refractivity contribution in [1.82, 2.24) is 19.6 Å². The first-order valence-corrected chi connectivity index (χ1v) is 9.92. The number of halogens is 3. The highest BCUT2D eigenvalue weighted by molar-refractivity contribution is 5.84. The quantitative estimate of drug-likeness (QED) is 0.408. The van der Waals surface area contributed by atoms with Gasteiger partial charge in [-0.1, -0.05) is 30.3 Å². The zero-order valence-electron chi connectivity index (χ0n) is 17.7. The molecule has 0 bridgehead atoms. The van der Waals surface area contributed by atoms with Gasteiger partial charge in [-0.25, -0.2) is 9.97 Å². The molecule has 2 aromatic carbocycles. The second kappa shape index (κ2) is 7.22. The maximum absolute atomic E-state index is 13.9. The summed E-state index contributed by atoms with van der Waals surface area (Å²) in [5, 5.41) is 2.20. The first-order valence-electron chi connectivity index (χ1n) is 9.92. The van der Waals surface area contributed by atoms with Gasteiger partial charge in [0.15, 0.2) is 16.7 Å². The molecule has 3 aromatic heterocycles. The van der Waals surface area contributed by atoms with Crippen LogP contribution in [0.15, 0.2) is 51.7 Å². The lowest BCUT2D eigenvalue weighted by molar-refractivity contribution is -0.140. The summed E-state index contributed by atoms with van der Waals surface area (Å²) in [5.74, 6) is 0.403. The van der Waals surface area contributed by atoms with Gasteiger partial charge in [-0.05, 0) is 37.1 Å². The third-order valence-electron chi connectivity index (χ3n) is 5.35. The molecule has 33 heavy (non-hydrogen) atoms. The number of hydrogen-bond acceptors (Lipinski definition) is 5. The van der Waals surface area contributed by atoms with E-state index in [9.17, 15) is 18.0 Å². The van der Waals surface area contributed by atoms with Crippen LogP contribution in [0, 0.1) is 13.8 Å². The smallest absolute Gasteiger partial charge is 0.433 e. The maximum atomic E-state index is 13.9. The monoisotopic (exact) mass is 454 g/mol. The number of benzene rings is 2. The van der Waals surface area contributed by atoms with Crippen LogP contribution in [0.3, 0.4) is 0 Å². The summed E-state index contributed by atoms with van der Waals surface area (Å²) < 4.78 is 53.5. The first kappa shape index (κ1) is 20.8.